The number of hydrogen-bond donors (Lipinski definition) is 1. The molecule has 1 fully saturated rings. The molecule has 0 saturated carbocycles. The van der Waals surface area contributed by atoms with Crippen molar-refractivity contribution in [1.29, 1.82) is 0 Å². The molecule has 0 radical (unpaired) electrons. The number of rotatable bonds is 5. The number of nitrogens with zero attached hydrogens (tertiary/aromatic N) is 5. The van der Waals surface area contributed by atoms with Crippen molar-refractivity contribution in [1.82, 2.24) is 30.4 Å². The summed E-state index contributed by atoms with van der Waals surface area (Å²) in [5.41, 5.74) is 0. The van der Waals surface area contributed by atoms with Crippen molar-refractivity contribution >= 4 is 12.0 Å². The van der Waals surface area contributed by atoms with Gasteiger partial charge >= 0.3 is 12.0 Å². The molecule has 9 nitrogen and oxygen atoms in total. The zero-order valence-electron chi connectivity index (χ0n) is 10.00. The quantitative estimate of drug-likeness (QED) is 0.667. The minimum atomic E-state index is -0.562. The molecule has 98 valence electrons. The van der Waals surface area contributed by atoms with Gasteiger partial charge in [0.25, 0.3) is 5.82 Å². The molecule has 0 spiro atoms. The molecule has 0 bridgehead atoms. The summed E-state index contributed by atoms with van der Waals surface area (Å²) < 4.78 is 6.16. The van der Waals surface area contributed by atoms with Crippen molar-refractivity contribution in [3.63, 3.8) is 0 Å². The molecular weight excluding hydrogens is 240 g/mol. The Kier molecular flexibility index (Phi) is 3.70. The van der Waals surface area contributed by atoms with E-state index in [9.17, 15) is 9.59 Å². The minimum absolute atomic E-state index is 0.0523. The summed E-state index contributed by atoms with van der Waals surface area (Å²) in [4.78, 5) is 24.5. The normalized spacial score (nSPS) is 14.7. The SMILES string of the molecule is CCOC(=O)c1nnnn1CCN1CCNC1=O. The van der Waals surface area contributed by atoms with E-state index in [1.54, 1.807) is 11.8 Å². The van der Waals surface area contributed by atoms with Crippen molar-refractivity contribution in [3.8, 4) is 0 Å². The number of carbonyl (C=O) groups excluding carboxylic acids is 2. The number of aromatic nitrogens is 4. The molecule has 0 aliphatic carbocycles. The molecule has 1 aliphatic rings. The fourth-order valence-corrected chi connectivity index (χ4v) is 1.64. The maximum atomic E-state index is 11.5. The number of carbonyl (C=O) groups is 2. The highest BCUT2D eigenvalue weighted by molar-refractivity contribution is 5.85. The number of amides is 2. The molecule has 2 amide bonds. The van der Waals surface area contributed by atoms with Crippen molar-refractivity contribution in [2.45, 2.75) is 13.5 Å². The number of hydrogen-bond acceptors (Lipinski definition) is 6. The smallest absolute Gasteiger partial charge is 0.378 e. The van der Waals surface area contributed by atoms with Crippen LogP contribution in [0, 0.1) is 0 Å². The van der Waals surface area contributed by atoms with Crippen molar-refractivity contribution in [2.24, 2.45) is 0 Å². The maximum absolute atomic E-state index is 11.5. The van der Waals surface area contributed by atoms with E-state index in [1.807, 2.05) is 0 Å². The van der Waals surface area contributed by atoms with Gasteiger partial charge in [-0.2, -0.15) is 0 Å². The van der Waals surface area contributed by atoms with Gasteiger partial charge in [0.15, 0.2) is 0 Å². The molecule has 1 aliphatic heterocycles. The third-order valence-corrected chi connectivity index (χ3v) is 2.52. The van der Waals surface area contributed by atoms with Crippen LogP contribution in [-0.2, 0) is 11.3 Å². The van der Waals surface area contributed by atoms with Gasteiger partial charge in [-0.3, -0.25) is 0 Å². The fourth-order valence-electron chi connectivity index (χ4n) is 1.64. The highest BCUT2D eigenvalue weighted by Gasteiger charge is 2.21. The van der Waals surface area contributed by atoms with E-state index >= 15 is 0 Å². The Morgan fingerprint density at radius 3 is 3.00 bits per heavy atom. The van der Waals surface area contributed by atoms with Crippen LogP contribution in [0.4, 0.5) is 4.79 Å². The molecule has 1 N–H and O–H groups in total. The first kappa shape index (κ1) is 12.3. The topological polar surface area (TPSA) is 102 Å². The largest absolute Gasteiger partial charge is 0.460 e. The Morgan fingerprint density at radius 2 is 2.33 bits per heavy atom. The predicted octanol–water partition coefficient (Wildman–Crippen LogP) is -1.12. The Bertz CT molecular complexity index is 445. The molecular formula is C9H14N6O3. The molecule has 0 aromatic carbocycles. The van der Waals surface area contributed by atoms with E-state index in [-0.39, 0.29) is 18.5 Å². The van der Waals surface area contributed by atoms with Gasteiger partial charge in [-0.25, -0.2) is 14.3 Å². The van der Waals surface area contributed by atoms with Crippen LogP contribution in [-0.4, -0.2) is 63.3 Å². The summed E-state index contributed by atoms with van der Waals surface area (Å²) in [7, 11) is 0. The highest BCUT2D eigenvalue weighted by Crippen LogP contribution is 2.00. The first-order valence-electron chi connectivity index (χ1n) is 5.68. The second-order valence-corrected chi connectivity index (χ2v) is 3.67. The Balaban J connectivity index is 1.95. The molecule has 2 rings (SSSR count). The van der Waals surface area contributed by atoms with Gasteiger partial charge in [0.2, 0.25) is 0 Å². The number of urea groups is 1. The van der Waals surface area contributed by atoms with Crippen LogP contribution in [0.15, 0.2) is 0 Å². The number of esters is 1. The van der Waals surface area contributed by atoms with Crippen LogP contribution >= 0.6 is 0 Å². The monoisotopic (exact) mass is 254 g/mol. The van der Waals surface area contributed by atoms with Crippen LogP contribution in [0.3, 0.4) is 0 Å². The number of nitrogens with one attached hydrogen (secondary N) is 1. The third kappa shape index (κ3) is 2.55. The molecule has 1 saturated heterocycles. The lowest BCUT2D eigenvalue weighted by molar-refractivity contribution is 0.0504. The summed E-state index contributed by atoms with van der Waals surface area (Å²) >= 11 is 0. The van der Waals surface area contributed by atoms with Crippen LogP contribution in [0.25, 0.3) is 0 Å². The lowest BCUT2D eigenvalue weighted by atomic mass is 10.5. The van der Waals surface area contributed by atoms with Crippen molar-refractivity contribution in [3.05, 3.63) is 5.82 Å². The van der Waals surface area contributed by atoms with E-state index in [0.717, 1.165) is 0 Å². The molecule has 0 unspecified atom stereocenters. The lowest BCUT2D eigenvalue weighted by Crippen LogP contribution is -2.32. The van der Waals surface area contributed by atoms with Gasteiger partial charge in [0.1, 0.15) is 0 Å². The number of tetrazole rings is 1. The second kappa shape index (κ2) is 5.43. The Morgan fingerprint density at radius 1 is 1.50 bits per heavy atom. The minimum Gasteiger partial charge on any atom is -0.460 e. The van der Waals surface area contributed by atoms with Gasteiger partial charge in [-0.1, -0.05) is 0 Å². The summed E-state index contributed by atoms with van der Waals surface area (Å²) in [5.74, 6) is -0.509. The first-order valence-corrected chi connectivity index (χ1v) is 5.68. The van der Waals surface area contributed by atoms with Crippen LogP contribution in [0.2, 0.25) is 0 Å². The molecule has 2 heterocycles. The van der Waals surface area contributed by atoms with Crippen molar-refractivity contribution in [2.75, 3.05) is 26.2 Å². The zero-order chi connectivity index (χ0) is 13.0. The second-order valence-electron chi connectivity index (χ2n) is 3.67. The number of ether oxygens (including phenoxy) is 1. The molecule has 18 heavy (non-hydrogen) atoms. The molecule has 9 heteroatoms. The Labute approximate surface area is 103 Å². The van der Waals surface area contributed by atoms with E-state index in [2.05, 4.69) is 20.8 Å². The first-order chi connectivity index (χ1) is 8.72. The summed E-state index contributed by atoms with van der Waals surface area (Å²) in [5, 5.41) is 13.4. The van der Waals surface area contributed by atoms with E-state index in [0.29, 0.717) is 26.2 Å². The molecule has 1 aromatic heterocycles. The Hall–Kier alpha value is -2.19. The van der Waals surface area contributed by atoms with Crippen LogP contribution in [0.5, 0.6) is 0 Å². The fraction of sp³-hybridized carbons (Fsp3) is 0.667. The predicted molar refractivity (Wildman–Crippen MR) is 58.7 cm³/mol. The molecule has 0 atom stereocenters. The van der Waals surface area contributed by atoms with Gasteiger partial charge in [-0.15, -0.1) is 5.10 Å². The summed E-state index contributed by atoms with van der Waals surface area (Å²) in [6.45, 7) is 4.06. The third-order valence-electron chi connectivity index (χ3n) is 2.52. The van der Waals surface area contributed by atoms with E-state index in [4.69, 9.17) is 4.74 Å². The maximum Gasteiger partial charge on any atom is 0.378 e. The van der Waals surface area contributed by atoms with Crippen LogP contribution < -0.4 is 5.32 Å². The van der Waals surface area contributed by atoms with Gasteiger partial charge in [0, 0.05) is 19.6 Å². The van der Waals surface area contributed by atoms with Gasteiger partial charge in [0.05, 0.1) is 13.2 Å². The standard InChI is InChI=1S/C9H14N6O3/c1-2-18-8(16)7-11-12-13-15(7)6-5-14-4-3-10-9(14)17/h2-6H2,1H3,(H,10,17). The van der Waals surface area contributed by atoms with Crippen LogP contribution in [0.1, 0.15) is 17.5 Å². The van der Waals surface area contributed by atoms with Gasteiger partial charge in [-0.05, 0) is 17.4 Å². The average Bonchev–Trinajstić information content (AvgIpc) is 2.95. The summed E-state index contributed by atoms with van der Waals surface area (Å²) in [6.07, 6.45) is 0. The van der Waals surface area contributed by atoms with E-state index in [1.165, 1.54) is 4.68 Å². The molecule has 1 aromatic rings. The average molecular weight is 254 g/mol. The zero-order valence-corrected chi connectivity index (χ0v) is 10.00. The van der Waals surface area contributed by atoms with E-state index < -0.39 is 5.97 Å². The lowest BCUT2D eigenvalue weighted by Gasteiger charge is -2.13. The van der Waals surface area contributed by atoms with Crippen molar-refractivity contribution < 1.29 is 14.3 Å². The summed E-state index contributed by atoms with van der Waals surface area (Å²) in [6, 6.07) is -0.110. The highest BCUT2D eigenvalue weighted by atomic mass is 16.5. The van der Waals surface area contributed by atoms with Gasteiger partial charge < -0.3 is 15.0 Å².